The largest absolute Gasteiger partial charge is 0.493 e. The molecule has 0 saturated carbocycles. The van der Waals surface area contributed by atoms with Gasteiger partial charge in [0.05, 0.1) is 32.7 Å². The molecule has 0 aliphatic carbocycles. The number of anilines is 1. The van der Waals surface area contributed by atoms with Crippen LogP contribution in [-0.2, 0) is 6.30 Å². The van der Waals surface area contributed by atoms with Gasteiger partial charge in [-0.3, -0.25) is 0 Å². The van der Waals surface area contributed by atoms with Crippen molar-refractivity contribution >= 4 is 5.69 Å². The molecule has 6 nitrogen and oxygen atoms in total. The van der Waals surface area contributed by atoms with Gasteiger partial charge >= 0.3 is 6.30 Å². The van der Waals surface area contributed by atoms with Crippen LogP contribution in [0.5, 0.6) is 17.2 Å². The zero-order chi connectivity index (χ0) is 22.1. The molecule has 3 rings (SSSR count). The maximum atomic E-state index is 13.7. The first-order chi connectivity index (χ1) is 14.2. The van der Waals surface area contributed by atoms with Crippen molar-refractivity contribution in [1.82, 2.24) is 9.55 Å². The molecule has 0 amide bonds. The zero-order valence-electron chi connectivity index (χ0n) is 17.2. The van der Waals surface area contributed by atoms with Gasteiger partial charge in [-0.25, -0.2) is 9.55 Å². The number of nitrogens with zero attached hydrogens (tertiary/aromatic N) is 3. The second-order valence-electron chi connectivity index (χ2n) is 6.63. The summed E-state index contributed by atoms with van der Waals surface area (Å²) in [5.74, 6) is 0.987. The normalized spacial score (nSPS) is 11.3. The van der Waals surface area contributed by atoms with Crippen LogP contribution in [0.1, 0.15) is 0 Å². The maximum Gasteiger partial charge on any atom is 0.490 e. The van der Waals surface area contributed by atoms with Gasteiger partial charge in [0.15, 0.2) is 11.5 Å². The summed E-state index contributed by atoms with van der Waals surface area (Å²) in [6, 6.07) is 9.92. The fourth-order valence-electron chi connectivity index (χ4n) is 3.16. The van der Waals surface area contributed by atoms with Gasteiger partial charge in [-0.1, -0.05) is 12.1 Å². The Labute approximate surface area is 172 Å². The summed E-state index contributed by atoms with van der Waals surface area (Å²) in [5, 5.41) is 0. The minimum absolute atomic E-state index is 0.0814. The van der Waals surface area contributed by atoms with Crippen LogP contribution in [0.2, 0.25) is 0 Å². The average Bonchev–Trinajstić information content (AvgIpc) is 3.18. The summed E-state index contributed by atoms with van der Waals surface area (Å²) in [5.41, 5.74) is 1.70. The van der Waals surface area contributed by atoms with Crippen molar-refractivity contribution < 1.29 is 27.4 Å². The second kappa shape index (κ2) is 8.17. The van der Waals surface area contributed by atoms with E-state index < -0.39 is 6.30 Å². The van der Waals surface area contributed by atoms with Crippen LogP contribution in [0.4, 0.5) is 18.9 Å². The van der Waals surface area contributed by atoms with Crippen molar-refractivity contribution in [1.29, 1.82) is 0 Å². The highest BCUT2D eigenvalue weighted by Crippen LogP contribution is 2.44. The molecule has 0 fully saturated rings. The lowest BCUT2D eigenvalue weighted by Crippen LogP contribution is -2.16. The quantitative estimate of drug-likeness (QED) is 0.573. The van der Waals surface area contributed by atoms with Crippen molar-refractivity contribution in [2.75, 3.05) is 40.3 Å². The number of imidazole rings is 1. The lowest BCUT2D eigenvalue weighted by molar-refractivity contribution is -0.202. The number of benzene rings is 2. The molecule has 0 unspecified atom stereocenters. The van der Waals surface area contributed by atoms with E-state index in [2.05, 4.69) is 4.98 Å². The van der Waals surface area contributed by atoms with Gasteiger partial charge in [0, 0.05) is 30.9 Å². The van der Waals surface area contributed by atoms with E-state index in [4.69, 9.17) is 14.2 Å². The Morgan fingerprint density at radius 2 is 1.43 bits per heavy atom. The third kappa shape index (κ3) is 3.87. The third-order valence-electron chi connectivity index (χ3n) is 4.64. The summed E-state index contributed by atoms with van der Waals surface area (Å²) in [6.45, 7) is 0. The van der Waals surface area contributed by atoms with Gasteiger partial charge in [0.25, 0.3) is 0 Å². The number of ether oxygens (including phenoxy) is 3. The van der Waals surface area contributed by atoms with E-state index in [0.717, 1.165) is 12.0 Å². The average molecular weight is 421 g/mol. The molecular weight excluding hydrogens is 399 g/mol. The van der Waals surface area contributed by atoms with E-state index in [-0.39, 0.29) is 16.0 Å². The van der Waals surface area contributed by atoms with Gasteiger partial charge in [-0.05, 0) is 24.3 Å². The van der Waals surface area contributed by atoms with Gasteiger partial charge < -0.3 is 19.1 Å². The summed E-state index contributed by atoms with van der Waals surface area (Å²) in [6.07, 6.45) is -3.87. The number of alkyl halides is 3. The van der Waals surface area contributed by atoms with Gasteiger partial charge in [0.2, 0.25) is 5.75 Å². The highest BCUT2D eigenvalue weighted by Gasteiger charge is 2.35. The molecule has 3 aromatic rings. The number of aromatic nitrogens is 2. The van der Waals surface area contributed by atoms with Crippen molar-refractivity contribution in [2.24, 2.45) is 0 Å². The highest BCUT2D eigenvalue weighted by atomic mass is 19.4. The summed E-state index contributed by atoms with van der Waals surface area (Å²) in [7, 11) is 8.05. The van der Waals surface area contributed by atoms with Crippen LogP contribution in [0, 0.1) is 0 Å². The fourth-order valence-corrected chi connectivity index (χ4v) is 3.16. The van der Waals surface area contributed by atoms with Gasteiger partial charge in [-0.15, -0.1) is 13.2 Å². The molecule has 0 radical (unpaired) electrons. The Bertz CT molecular complexity index is 1000. The molecule has 0 N–H and O–H groups in total. The topological polar surface area (TPSA) is 48.8 Å². The number of hydrogen-bond acceptors (Lipinski definition) is 5. The van der Waals surface area contributed by atoms with Crippen LogP contribution >= 0.6 is 0 Å². The van der Waals surface area contributed by atoms with Crippen LogP contribution < -0.4 is 19.1 Å². The van der Waals surface area contributed by atoms with Crippen LogP contribution in [0.3, 0.4) is 0 Å². The SMILES string of the molecule is COc1cc(-c2ncn(C(F)(F)F)c2-c2ccc(N(C)C)cc2)cc(OC)c1OC. The smallest absolute Gasteiger partial charge is 0.490 e. The first kappa shape index (κ1) is 21.4. The second-order valence-corrected chi connectivity index (χ2v) is 6.63. The molecule has 1 heterocycles. The van der Waals surface area contributed by atoms with E-state index in [1.54, 1.807) is 36.4 Å². The first-order valence-electron chi connectivity index (χ1n) is 8.94. The van der Waals surface area contributed by atoms with E-state index >= 15 is 0 Å². The molecule has 30 heavy (non-hydrogen) atoms. The fraction of sp³-hybridized carbons (Fsp3) is 0.286. The molecule has 0 spiro atoms. The van der Waals surface area contributed by atoms with E-state index in [9.17, 15) is 13.2 Å². The minimum Gasteiger partial charge on any atom is -0.493 e. The van der Waals surface area contributed by atoms with Gasteiger partial charge in [-0.2, -0.15) is 0 Å². The van der Waals surface area contributed by atoms with Crippen molar-refractivity contribution in [3.05, 3.63) is 42.7 Å². The monoisotopic (exact) mass is 421 g/mol. The maximum absolute atomic E-state index is 13.7. The third-order valence-corrected chi connectivity index (χ3v) is 4.64. The van der Waals surface area contributed by atoms with E-state index in [1.807, 2.05) is 19.0 Å². The lowest BCUT2D eigenvalue weighted by atomic mass is 10.0. The molecule has 160 valence electrons. The number of hydrogen-bond donors (Lipinski definition) is 0. The summed E-state index contributed by atoms with van der Waals surface area (Å²) >= 11 is 0. The Morgan fingerprint density at radius 3 is 1.87 bits per heavy atom. The van der Waals surface area contributed by atoms with Crippen molar-refractivity contribution in [2.45, 2.75) is 6.30 Å². The van der Waals surface area contributed by atoms with Crippen LogP contribution in [-0.4, -0.2) is 45.0 Å². The van der Waals surface area contributed by atoms with Crippen molar-refractivity contribution in [3.8, 4) is 39.8 Å². The molecule has 0 bridgehead atoms. The minimum atomic E-state index is -4.64. The molecule has 0 aliphatic heterocycles. The summed E-state index contributed by atoms with van der Waals surface area (Å²) < 4.78 is 57.4. The number of methoxy groups -OCH3 is 3. The highest BCUT2D eigenvalue weighted by molar-refractivity contribution is 5.81. The van der Waals surface area contributed by atoms with Crippen LogP contribution in [0.25, 0.3) is 22.5 Å². The predicted molar refractivity (Wildman–Crippen MR) is 108 cm³/mol. The van der Waals surface area contributed by atoms with E-state index in [0.29, 0.717) is 28.4 Å². The predicted octanol–water partition coefficient (Wildman–Crippen LogP) is 4.79. The Hall–Kier alpha value is -3.36. The van der Waals surface area contributed by atoms with Crippen LogP contribution in [0.15, 0.2) is 42.7 Å². The first-order valence-corrected chi connectivity index (χ1v) is 8.94. The molecule has 0 aliphatic rings. The Morgan fingerprint density at radius 1 is 0.867 bits per heavy atom. The molecular formula is C21H22F3N3O3. The Balaban J connectivity index is 2.25. The molecule has 9 heteroatoms. The number of rotatable bonds is 6. The van der Waals surface area contributed by atoms with Crippen molar-refractivity contribution in [3.63, 3.8) is 0 Å². The lowest BCUT2D eigenvalue weighted by Gasteiger charge is -2.17. The molecule has 2 aromatic carbocycles. The standard InChI is InChI=1S/C21H22F3N3O3/c1-26(2)15-8-6-13(7-9-15)19-18(25-12-27(19)21(22,23)24)14-10-16(28-3)20(30-5)17(11-14)29-4/h6-12H,1-5H3. The van der Waals surface area contributed by atoms with Gasteiger partial charge in [0.1, 0.15) is 6.33 Å². The molecule has 0 saturated heterocycles. The Kier molecular flexibility index (Phi) is 5.82. The molecule has 1 aromatic heterocycles. The summed E-state index contributed by atoms with van der Waals surface area (Å²) in [4.78, 5) is 5.94. The van der Waals surface area contributed by atoms with E-state index in [1.165, 1.54) is 21.3 Å². The molecule has 0 atom stereocenters. The number of halogens is 3. The zero-order valence-corrected chi connectivity index (χ0v) is 17.2.